The van der Waals surface area contributed by atoms with Crippen LogP contribution in [0.25, 0.3) is 0 Å². The van der Waals surface area contributed by atoms with E-state index >= 15 is 0 Å². The maximum atomic E-state index is 5.82. The molecule has 0 saturated heterocycles. The maximum Gasteiger partial charge on any atom is 0.0720 e. The van der Waals surface area contributed by atoms with Crippen LogP contribution in [-0.2, 0) is 11.3 Å². The second-order valence-corrected chi connectivity index (χ2v) is 3.70. The molecule has 0 amide bonds. The molecule has 1 aliphatic rings. The molecule has 0 N–H and O–H groups in total. The highest BCUT2D eigenvalue weighted by molar-refractivity contribution is 5.13. The standard InChI is InChI=1S/C13H16O/c1-3-7-12(8-4-1)11-14-13-9-5-2-6-10-13/h1-5,7-8,13H,6,9-11H2/t13-/m0/s1. The highest BCUT2D eigenvalue weighted by Gasteiger charge is 2.09. The average molecular weight is 188 g/mol. The molecule has 0 aromatic heterocycles. The molecular weight excluding hydrogens is 172 g/mol. The molecule has 0 aliphatic heterocycles. The summed E-state index contributed by atoms with van der Waals surface area (Å²) in [7, 11) is 0. The zero-order valence-corrected chi connectivity index (χ0v) is 8.36. The van der Waals surface area contributed by atoms with Crippen molar-refractivity contribution in [2.45, 2.75) is 32.0 Å². The van der Waals surface area contributed by atoms with Crippen molar-refractivity contribution in [3.05, 3.63) is 48.0 Å². The third-order valence-electron chi connectivity index (χ3n) is 2.55. The van der Waals surface area contributed by atoms with Gasteiger partial charge in [-0.25, -0.2) is 0 Å². The summed E-state index contributed by atoms with van der Waals surface area (Å²) in [6, 6.07) is 10.4. The maximum absolute atomic E-state index is 5.82. The Labute approximate surface area is 85.4 Å². The number of hydrogen-bond acceptors (Lipinski definition) is 1. The highest BCUT2D eigenvalue weighted by Crippen LogP contribution is 2.15. The summed E-state index contributed by atoms with van der Waals surface area (Å²) in [6.45, 7) is 0.749. The quantitative estimate of drug-likeness (QED) is 0.661. The minimum atomic E-state index is 0.431. The second kappa shape index (κ2) is 4.97. The van der Waals surface area contributed by atoms with Gasteiger partial charge in [0.05, 0.1) is 12.7 Å². The van der Waals surface area contributed by atoms with Crippen LogP contribution in [0.1, 0.15) is 24.8 Å². The molecule has 14 heavy (non-hydrogen) atoms. The van der Waals surface area contributed by atoms with Gasteiger partial charge in [-0.1, -0.05) is 42.5 Å². The van der Waals surface area contributed by atoms with E-state index in [1.165, 1.54) is 18.4 Å². The molecule has 0 heterocycles. The fourth-order valence-corrected chi connectivity index (χ4v) is 1.71. The predicted octanol–water partition coefficient (Wildman–Crippen LogP) is 3.31. The van der Waals surface area contributed by atoms with Gasteiger partial charge >= 0.3 is 0 Å². The summed E-state index contributed by atoms with van der Waals surface area (Å²) in [5, 5.41) is 0. The van der Waals surface area contributed by atoms with Crippen LogP contribution in [0.2, 0.25) is 0 Å². The Balaban J connectivity index is 1.80. The number of benzene rings is 1. The van der Waals surface area contributed by atoms with Gasteiger partial charge in [-0.2, -0.15) is 0 Å². The summed E-state index contributed by atoms with van der Waals surface area (Å²) in [6.07, 6.45) is 8.30. The summed E-state index contributed by atoms with van der Waals surface area (Å²) in [4.78, 5) is 0. The van der Waals surface area contributed by atoms with Crippen LogP contribution >= 0.6 is 0 Å². The molecule has 74 valence electrons. The van der Waals surface area contributed by atoms with Gasteiger partial charge in [0, 0.05) is 0 Å². The van der Waals surface area contributed by atoms with Crippen molar-refractivity contribution in [3.8, 4) is 0 Å². The van der Waals surface area contributed by atoms with Gasteiger partial charge in [-0.15, -0.1) is 0 Å². The Kier molecular flexibility index (Phi) is 3.36. The van der Waals surface area contributed by atoms with Crippen molar-refractivity contribution >= 4 is 0 Å². The summed E-state index contributed by atoms with van der Waals surface area (Å²) in [5.41, 5.74) is 1.27. The van der Waals surface area contributed by atoms with Crippen LogP contribution in [0.15, 0.2) is 42.5 Å². The largest absolute Gasteiger partial charge is 0.373 e. The molecule has 0 bridgehead atoms. The average Bonchev–Trinajstić information content (AvgIpc) is 2.29. The third kappa shape index (κ3) is 2.71. The van der Waals surface area contributed by atoms with E-state index in [-0.39, 0.29) is 0 Å². The van der Waals surface area contributed by atoms with Gasteiger partial charge in [0.15, 0.2) is 0 Å². The molecule has 1 aromatic rings. The molecule has 0 radical (unpaired) electrons. The normalized spacial score (nSPS) is 21.0. The zero-order chi connectivity index (χ0) is 9.64. The smallest absolute Gasteiger partial charge is 0.0720 e. The highest BCUT2D eigenvalue weighted by atomic mass is 16.5. The Bertz CT molecular complexity index is 289. The molecule has 1 atom stereocenters. The van der Waals surface area contributed by atoms with Crippen molar-refractivity contribution in [3.63, 3.8) is 0 Å². The van der Waals surface area contributed by atoms with E-state index < -0.39 is 0 Å². The van der Waals surface area contributed by atoms with Crippen LogP contribution in [0.5, 0.6) is 0 Å². The fourth-order valence-electron chi connectivity index (χ4n) is 1.71. The lowest BCUT2D eigenvalue weighted by Gasteiger charge is -2.18. The van der Waals surface area contributed by atoms with Crippen LogP contribution in [0, 0.1) is 0 Å². The van der Waals surface area contributed by atoms with Gasteiger partial charge in [-0.05, 0) is 24.8 Å². The van der Waals surface area contributed by atoms with Crippen LogP contribution in [0.3, 0.4) is 0 Å². The monoisotopic (exact) mass is 188 g/mol. The molecule has 1 heteroatoms. The summed E-state index contributed by atoms with van der Waals surface area (Å²) in [5.74, 6) is 0. The lowest BCUT2D eigenvalue weighted by molar-refractivity contribution is 0.0352. The van der Waals surface area contributed by atoms with E-state index in [9.17, 15) is 0 Å². The van der Waals surface area contributed by atoms with Gasteiger partial charge in [-0.3, -0.25) is 0 Å². The number of ether oxygens (including phenoxy) is 1. The molecular formula is C13H16O. The van der Waals surface area contributed by atoms with Crippen LogP contribution < -0.4 is 0 Å². The molecule has 2 rings (SSSR count). The lowest BCUT2D eigenvalue weighted by Crippen LogP contribution is -2.13. The predicted molar refractivity (Wildman–Crippen MR) is 58.0 cm³/mol. The molecule has 1 aromatic carbocycles. The first-order valence-corrected chi connectivity index (χ1v) is 5.25. The molecule has 0 fully saturated rings. The van der Waals surface area contributed by atoms with Crippen LogP contribution in [-0.4, -0.2) is 6.10 Å². The first kappa shape index (κ1) is 9.47. The summed E-state index contributed by atoms with van der Waals surface area (Å²) < 4.78 is 5.82. The second-order valence-electron chi connectivity index (χ2n) is 3.70. The van der Waals surface area contributed by atoms with Gasteiger partial charge in [0.25, 0.3) is 0 Å². The summed E-state index contributed by atoms with van der Waals surface area (Å²) >= 11 is 0. The van der Waals surface area contributed by atoms with E-state index in [0.717, 1.165) is 13.0 Å². The first-order chi connectivity index (χ1) is 6.95. The number of hydrogen-bond donors (Lipinski definition) is 0. The molecule has 0 unspecified atom stereocenters. The third-order valence-corrected chi connectivity index (χ3v) is 2.55. The van der Waals surface area contributed by atoms with Crippen molar-refractivity contribution < 1.29 is 4.74 Å². The van der Waals surface area contributed by atoms with E-state index in [1.807, 2.05) is 6.07 Å². The minimum Gasteiger partial charge on any atom is -0.373 e. The molecule has 1 nitrogen and oxygen atoms in total. The Morgan fingerprint density at radius 1 is 1.14 bits per heavy atom. The van der Waals surface area contributed by atoms with Gasteiger partial charge in [0.1, 0.15) is 0 Å². The number of rotatable bonds is 3. The van der Waals surface area contributed by atoms with E-state index in [4.69, 9.17) is 4.74 Å². The fraction of sp³-hybridized carbons (Fsp3) is 0.385. The van der Waals surface area contributed by atoms with Crippen molar-refractivity contribution in [2.75, 3.05) is 0 Å². The van der Waals surface area contributed by atoms with Crippen molar-refractivity contribution in [1.29, 1.82) is 0 Å². The van der Waals surface area contributed by atoms with Crippen molar-refractivity contribution in [2.24, 2.45) is 0 Å². The molecule has 0 saturated carbocycles. The molecule has 1 aliphatic carbocycles. The van der Waals surface area contributed by atoms with Gasteiger partial charge < -0.3 is 4.74 Å². The topological polar surface area (TPSA) is 9.23 Å². The lowest BCUT2D eigenvalue weighted by atomic mass is 10.0. The Morgan fingerprint density at radius 3 is 2.71 bits per heavy atom. The minimum absolute atomic E-state index is 0.431. The Morgan fingerprint density at radius 2 is 2.00 bits per heavy atom. The van der Waals surface area contributed by atoms with E-state index in [0.29, 0.717) is 6.10 Å². The van der Waals surface area contributed by atoms with Crippen molar-refractivity contribution in [1.82, 2.24) is 0 Å². The van der Waals surface area contributed by atoms with Gasteiger partial charge in [0.2, 0.25) is 0 Å². The molecule has 0 spiro atoms. The van der Waals surface area contributed by atoms with E-state index in [2.05, 4.69) is 36.4 Å². The number of allylic oxidation sites excluding steroid dienone is 1. The zero-order valence-electron chi connectivity index (χ0n) is 8.36. The van der Waals surface area contributed by atoms with Crippen LogP contribution in [0.4, 0.5) is 0 Å². The SMILES string of the molecule is C1=CC[C@H](OCc2ccccc2)CC1. The first-order valence-electron chi connectivity index (χ1n) is 5.25. The Hall–Kier alpha value is -1.08. The van der Waals surface area contributed by atoms with E-state index in [1.54, 1.807) is 0 Å².